The van der Waals surface area contributed by atoms with Crippen LogP contribution in [-0.2, 0) is 20.5 Å². The zero-order valence-electron chi connectivity index (χ0n) is 5.19. The third-order valence-corrected chi connectivity index (χ3v) is 3.83. The monoisotopic (exact) mass is 184 g/mol. The lowest BCUT2D eigenvalue weighted by atomic mass is 10.8. The molecule has 0 atom stereocenters. The van der Waals surface area contributed by atoms with E-state index in [0.717, 1.165) is 6.08 Å². The predicted molar refractivity (Wildman–Crippen MR) is 39.2 cm³/mol. The normalized spacial score (nSPS) is 11.7. The molecule has 60 valence electrons. The van der Waals surface area contributed by atoms with Crippen molar-refractivity contribution in [3.63, 3.8) is 0 Å². The van der Waals surface area contributed by atoms with Crippen molar-refractivity contribution in [3.8, 4) is 0 Å². The molecule has 0 rings (SSSR count). The van der Waals surface area contributed by atoms with Gasteiger partial charge in [-0.2, -0.15) is 0 Å². The van der Waals surface area contributed by atoms with Crippen LogP contribution in [0.3, 0.4) is 0 Å². The summed E-state index contributed by atoms with van der Waals surface area (Å²) in [5.74, 6) is -0.281. The molecule has 0 N–H and O–H groups in total. The van der Waals surface area contributed by atoms with E-state index in [1.807, 2.05) is 0 Å². The SMILES string of the molecule is C=CCS(=O)(=O)C[SH](=O)=O. The predicted octanol–water partition coefficient (Wildman–Crippen LogP) is -0.844. The molecular formula is C4H8O4S2. The van der Waals surface area contributed by atoms with E-state index in [1.54, 1.807) is 0 Å². The van der Waals surface area contributed by atoms with Crippen molar-refractivity contribution >= 4 is 20.5 Å². The highest BCUT2D eigenvalue weighted by molar-refractivity contribution is 8.01. The quantitative estimate of drug-likeness (QED) is 0.457. The Bertz CT molecular complexity index is 264. The van der Waals surface area contributed by atoms with Gasteiger partial charge in [-0.05, 0) is 0 Å². The van der Waals surface area contributed by atoms with Gasteiger partial charge in [-0.3, -0.25) is 0 Å². The van der Waals surface area contributed by atoms with Crippen LogP contribution in [0.15, 0.2) is 12.7 Å². The maximum atomic E-state index is 10.6. The number of sulfone groups is 1. The minimum Gasteiger partial charge on any atom is -0.231 e. The van der Waals surface area contributed by atoms with Crippen LogP contribution < -0.4 is 0 Å². The number of rotatable bonds is 4. The van der Waals surface area contributed by atoms with Crippen molar-refractivity contribution in [2.75, 3.05) is 10.8 Å². The Morgan fingerprint density at radius 2 is 1.90 bits per heavy atom. The smallest absolute Gasteiger partial charge is 0.167 e. The second-order valence-electron chi connectivity index (χ2n) is 1.66. The van der Waals surface area contributed by atoms with Gasteiger partial charge in [-0.1, -0.05) is 6.08 Å². The fraction of sp³-hybridized carbons (Fsp3) is 0.500. The van der Waals surface area contributed by atoms with Crippen molar-refractivity contribution < 1.29 is 16.8 Å². The lowest BCUT2D eigenvalue weighted by molar-refractivity contribution is 0.598. The van der Waals surface area contributed by atoms with Crippen molar-refractivity contribution in [2.45, 2.75) is 0 Å². The van der Waals surface area contributed by atoms with E-state index in [9.17, 15) is 16.8 Å². The first-order valence-corrected chi connectivity index (χ1v) is 5.59. The molecule has 0 saturated carbocycles. The van der Waals surface area contributed by atoms with Crippen LogP contribution >= 0.6 is 0 Å². The molecule has 0 amide bonds. The Morgan fingerprint density at radius 1 is 1.40 bits per heavy atom. The lowest BCUT2D eigenvalue weighted by Crippen LogP contribution is -2.09. The van der Waals surface area contributed by atoms with E-state index in [-0.39, 0.29) is 5.75 Å². The molecule has 0 spiro atoms. The second-order valence-corrected chi connectivity index (χ2v) is 5.18. The second kappa shape index (κ2) is 3.72. The summed E-state index contributed by atoms with van der Waals surface area (Å²) in [6.45, 7) is 3.18. The molecular weight excluding hydrogens is 176 g/mol. The van der Waals surface area contributed by atoms with Gasteiger partial charge in [0.25, 0.3) is 0 Å². The van der Waals surface area contributed by atoms with Crippen LogP contribution in [0, 0.1) is 0 Å². The molecule has 4 nitrogen and oxygen atoms in total. The Balaban J connectivity index is 4.29. The van der Waals surface area contributed by atoms with E-state index in [1.165, 1.54) is 0 Å². The van der Waals surface area contributed by atoms with Gasteiger partial charge in [-0.25, -0.2) is 16.8 Å². The Morgan fingerprint density at radius 3 is 2.20 bits per heavy atom. The van der Waals surface area contributed by atoms with E-state index < -0.39 is 25.6 Å². The molecule has 0 radical (unpaired) electrons. The van der Waals surface area contributed by atoms with Gasteiger partial charge in [0.2, 0.25) is 0 Å². The third-order valence-electron chi connectivity index (χ3n) is 0.674. The van der Waals surface area contributed by atoms with Crippen LogP contribution in [0.4, 0.5) is 0 Å². The zero-order valence-corrected chi connectivity index (χ0v) is 6.90. The average molecular weight is 184 g/mol. The summed E-state index contributed by atoms with van der Waals surface area (Å²) in [6.07, 6.45) is 1.16. The van der Waals surface area contributed by atoms with Crippen molar-refractivity contribution in [2.24, 2.45) is 0 Å². The van der Waals surface area contributed by atoms with Crippen LogP contribution in [0.2, 0.25) is 0 Å². The van der Waals surface area contributed by atoms with E-state index in [4.69, 9.17) is 0 Å². The molecule has 10 heavy (non-hydrogen) atoms. The first-order chi connectivity index (χ1) is 4.48. The van der Waals surface area contributed by atoms with Crippen LogP contribution in [-0.4, -0.2) is 27.7 Å². The number of thiol groups is 1. The molecule has 0 aromatic carbocycles. The maximum Gasteiger partial charge on any atom is 0.167 e. The molecule has 0 bridgehead atoms. The summed E-state index contributed by atoms with van der Waals surface area (Å²) >= 11 is 0. The standard InChI is InChI=1S/C4H8O4S2/c1-2-3-10(7,8)4-9(5)6/h2,9H,1,3-4H2. The van der Waals surface area contributed by atoms with E-state index >= 15 is 0 Å². The van der Waals surface area contributed by atoms with Gasteiger partial charge in [0, 0.05) is 0 Å². The topological polar surface area (TPSA) is 68.3 Å². The van der Waals surface area contributed by atoms with Crippen molar-refractivity contribution in [1.82, 2.24) is 0 Å². The Labute approximate surface area is 61.4 Å². The van der Waals surface area contributed by atoms with Gasteiger partial charge >= 0.3 is 0 Å². The lowest BCUT2D eigenvalue weighted by Gasteiger charge is -1.91. The first kappa shape index (κ1) is 9.64. The highest BCUT2D eigenvalue weighted by atomic mass is 32.3. The molecule has 6 heteroatoms. The summed E-state index contributed by atoms with van der Waals surface area (Å²) in [6, 6.07) is 0. The molecule has 0 heterocycles. The first-order valence-electron chi connectivity index (χ1n) is 2.41. The molecule has 0 fully saturated rings. The summed E-state index contributed by atoms with van der Waals surface area (Å²) in [5.41, 5.74) is 0. The van der Waals surface area contributed by atoms with Crippen molar-refractivity contribution in [1.29, 1.82) is 0 Å². The van der Waals surface area contributed by atoms with Crippen LogP contribution in [0.1, 0.15) is 0 Å². The summed E-state index contributed by atoms with van der Waals surface area (Å²) in [5, 5.41) is -0.783. The minimum atomic E-state index is -3.45. The zero-order chi connectivity index (χ0) is 8.20. The van der Waals surface area contributed by atoms with Gasteiger partial charge in [0.05, 0.1) is 5.75 Å². The largest absolute Gasteiger partial charge is 0.231 e. The fourth-order valence-electron chi connectivity index (χ4n) is 0.393. The van der Waals surface area contributed by atoms with Crippen LogP contribution in [0.5, 0.6) is 0 Å². The molecule has 0 unspecified atom stereocenters. The van der Waals surface area contributed by atoms with Gasteiger partial charge in [-0.15, -0.1) is 6.58 Å². The molecule has 0 aromatic heterocycles. The fourth-order valence-corrected chi connectivity index (χ4v) is 2.46. The highest BCUT2D eigenvalue weighted by Gasteiger charge is 2.08. The van der Waals surface area contributed by atoms with Crippen molar-refractivity contribution in [3.05, 3.63) is 12.7 Å². The van der Waals surface area contributed by atoms with Gasteiger partial charge < -0.3 is 0 Å². The summed E-state index contributed by atoms with van der Waals surface area (Å²) in [7, 11) is -6.28. The Hall–Kier alpha value is -0.360. The van der Waals surface area contributed by atoms with Gasteiger partial charge in [0.15, 0.2) is 20.5 Å². The van der Waals surface area contributed by atoms with E-state index in [0.29, 0.717) is 0 Å². The summed E-state index contributed by atoms with van der Waals surface area (Å²) < 4.78 is 41.0. The van der Waals surface area contributed by atoms with Crippen LogP contribution in [0.25, 0.3) is 0 Å². The third kappa shape index (κ3) is 4.51. The molecule has 0 aliphatic heterocycles. The summed E-state index contributed by atoms with van der Waals surface area (Å²) in [4.78, 5) is 0. The molecule has 0 aliphatic carbocycles. The Kier molecular flexibility index (Phi) is 3.59. The van der Waals surface area contributed by atoms with Gasteiger partial charge in [0.1, 0.15) is 5.08 Å². The average Bonchev–Trinajstić information content (AvgIpc) is 1.59. The highest BCUT2D eigenvalue weighted by Crippen LogP contribution is 1.89. The molecule has 0 aliphatic rings. The molecule has 0 saturated heterocycles. The minimum absolute atomic E-state index is 0.281. The maximum absolute atomic E-state index is 10.6. The molecule has 0 aromatic rings. The van der Waals surface area contributed by atoms with E-state index in [2.05, 4.69) is 6.58 Å². The number of hydrogen-bond donors (Lipinski definition) is 1. The number of hydrogen-bond acceptors (Lipinski definition) is 4.